The number of rotatable bonds is 8. The summed E-state index contributed by atoms with van der Waals surface area (Å²) in [6, 6.07) is 27.3. The van der Waals surface area contributed by atoms with Gasteiger partial charge in [0.2, 0.25) is 5.91 Å². The smallest absolute Gasteiger partial charge is 0.323 e. The summed E-state index contributed by atoms with van der Waals surface area (Å²) in [6.07, 6.45) is 1.71. The monoisotopic (exact) mass is 613 g/mol. The molecule has 7 nitrogen and oxygen atoms in total. The minimum Gasteiger partial charge on any atom is -0.376 e. The minimum absolute atomic E-state index is 0.0839. The molecule has 9 heteroatoms. The average Bonchev–Trinajstić information content (AvgIpc) is 3.82. The summed E-state index contributed by atoms with van der Waals surface area (Å²) >= 11 is 7.64. The number of nitrogens with zero attached hydrogens (tertiary/aromatic N) is 1. The number of ketones is 1. The van der Waals surface area contributed by atoms with E-state index in [1.54, 1.807) is 35.2 Å². The number of carbonyl (C=O) groups is 3. The summed E-state index contributed by atoms with van der Waals surface area (Å²) in [7, 11) is 0. The van der Waals surface area contributed by atoms with Crippen LogP contribution in [-0.2, 0) is 9.53 Å². The summed E-state index contributed by atoms with van der Waals surface area (Å²) in [4.78, 5) is 45.3. The molecule has 1 aromatic heterocycles. The van der Waals surface area contributed by atoms with Crippen molar-refractivity contribution >= 4 is 46.3 Å². The number of benzene rings is 3. The number of hydrogen-bond donors (Lipinski definition) is 2. The SMILES string of the molecule is O=C(c1cccs1)C1C(c2ccc(Cl)cc2)C(C(=O)NCC2CCCO2)N(C(=O)Nc2ccccc2)C1c1ccccc1. The van der Waals surface area contributed by atoms with Gasteiger partial charge in [0, 0.05) is 29.8 Å². The molecule has 2 aliphatic rings. The Morgan fingerprint density at radius 3 is 2.26 bits per heavy atom. The second-order valence-electron chi connectivity index (χ2n) is 10.8. The maximum atomic E-state index is 14.5. The number of ether oxygens (including phenoxy) is 1. The molecule has 5 unspecified atom stereocenters. The molecule has 43 heavy (non-hydrogen) atoms. The number of thiophene rings is 1. The number of Topliss-reactive ketones (excluding diaryl/α,β-unsaturated/α-hetero) is 1. The summed E-state index contributed by atoms with van der Waals surface area (Å²) in [5.41, 5.74) is 2.12. The Balaban J connectivity index is 1.50. The number of nitrogens with one attached hydrogen (secondary N) is 2. The van der Waals surface area contributed by atoms with Crippen LogP contribution in [0.15, 0.2) is 102 Å². The van der Waals surface area contributed by atoms with Crippen molar-refractivity contribution in [3.05, 3.63) is 123 Å². The van der Waals surface area contributed by atoms with E-state index in [-0.39, 0.29) is 17.8 Å². The van der Waals surface area contributed by atoms with Gasteiger partial charge in [0.05, 0.1) is 22.9 Å². The molecule has 2 aliphatic heterocycles. The van der Waals surface area contributed by atoms with Crippen molar-refractivity contribution in [3.8, 4) is 0 Å². The van der Waals surface area contributed by atoms with Crippen molar-refractivity contribution in [2.45, 2.75) is 36.9 Å². The van der Waals surface area contributed by atoms with Gasteiger partial charge in [-0.3, -0.25) is 9.59 Å². The van der Waals surface area contributed by atoms with Gasteiger partial charge in [-0.25, -0.2) is 4.79 Å². The zero-order valence-electron chi connectivity index (χ0n) is 23.4. The number of urea groups is 1. The highest BCUT2D eigenvalue weighted by atomic mass is 35.5. The Morgan fingerprint density at radius 2 is 1.60 bits per heavy atom. The lowest BCUT2D eigenvalue weighted by molar-refractivity contribution is -0.125. The van der Waals surface area contributed by atoms with Crippen molar-refractivity contribution in [1.29, 1.82) is 0 Å². The van der Waals surface area contributed by atoms with E-state index in [0.717, 1.165) is 24.0 Å². The second kappa shape index (κ2) is 13.1. The second-order valence-corrected chi connectivity index (χ2v) is 12.2. The first-order valence-electron chi connectivity index (χ1n) is 14.4. The highest BCUT2D eigenvalue weighted by Gasteiger charge is 2.57. The largest absolute Gasteiger partial charge is 0.376 e. The van der Waals surface area contributed by atoms with Crippen LogP contribution in [0, 0.1) is 5.92 Å². The third kappa shape index (κ3) is 6.22. The lowest BCUT2D eigenvalue weighted by Crippen LogP contribution is -2.51. The molecule has 5 atom stereocenters. The highest BCUT2D eigenvalue weighted by Crippen LogP contribution is 2.51. The average molecular weight is 614 g/mol. The molecular weight excluding hydrogens is 582 g/mol. The van der Waals surface area contributed by atoms with Crippen molar-refractivity contribution in [2.75, 3.05) is 18.5 Å². The van der Waals surface area contributed by atoms with Gasteiger partial charge in [-0.1, -0.05) is 78.3 Å². The molecule has 6 rings (SSSR count). The van der Waals surface area contributed by atoms with Gasteiger partial charge in [0.25, 0.3) is 0 Å². The van der Waals surface area contributed by atoms with Crippen LogP contribution in [0.4, 0.5) is 10.5 Å². The minimum atomic E-state index is -0.995. The van der Waals surface area contributed by atoms with Crippen LogP contribution in [0.25, 0.3) is 0 Å². The van der Waals surface area contributed by atoms with Gasteiger partial charge in [-0.2, -0.15) is 0 Å². The van der Waals surface area contributed by atoms with Gasteiger partial charge < -0.3 is 20.3 Å². The molecule has 3 aromatic carbocycles. The Bertz CT molecular complexity index is 1540. The first-order valence-corrected chi connectivity index (χ1v) is 15.7. The molecule has 2 saturated heterocycles. The molecule has 0 saturated carbocycles. The molecular formula is C34H32ClN3O4S. The molecule has 3 heterocycles. The molecule has 220 valence electrons. The van der Waals surface area contributed by atoms with Crippen molar-refractivity contribution in [2.24, 2.45) is 5.92 Å². The lowest BCUT2D eigenvalue weighted by Gasteiger charge is -2.32. The Labute approximate surface area is 259 Å². The summed E-state index contributed by atoms with van der Waals surface area (Å²) < 4.78 is 5.77. The zero-order valence-corrected chi connectivity index (χ0v) is 25.0. The van der Waals surface area contributed by atoms with E-state index in [0.29, 0.717) is 28.7 Å². The number of carbonyl (C=O) groups excluding carboxylic acids is 3. The standard InChI is InChI=1S/C34H32ClN3O4S/c35-24-17-15-22(16-18-24)28-29(32(39)27-14-8-20-43-27)30(23-9-3-1-4-10-23)38(34(41)37-25-11-5-2-6-12-25)31(28)33(40)36-21-26-13-7-19-42-26/h1-6,8-12,14-18,20,26,28-31H,7,13,19,21H2,(H,36,40)(H,37,41). The van der Waals surface area contributed by atoms with Crippen LogP contribution in [0.5, 0.6) is 0 Å². The Morgan fingerprint density at radius 1 is 0.884 bits per heavy atom. The molecule has 2 N–H and O–H groups in total. The van der Waals surface area contributed by atoms with E-state index >= 15 is 0 Å². The number of anilines is 1. The fourth-order valence-corrected chi connectivity index (χ4v) is 7.11. The number of amides is 3. The molecule has 2 fully saturated rings. The van der Waals surface area contributed by atoms with Gasteiger partial charge in [0.15, 0.2) is 5.78 Å². The number of para-hydroxylation sites is 1. The van der Waals surface area contributed by atoms with Crippen molar-refractivity contribution in [1.82, 2.24) is 10.2 Å². The number of halogens is 1. The molecule has 0 radical (unpaired) electrons. The van der Waals surface area contributed by atoms with Crippen LogP contribution in [0.2, 0.25) is 5.02 Å². The predicted octanol–water partition coefficient (Wildman–Crippen LogP) is 6.94. The summed E-state index contributed by atoms with van der Waals surface area (Å²) in [5.74, 6) is -1.85. The summed E-state index contributed by atoms with van der Waals surface area (Å²) in [5, 5.41) is 8.47. The highest BCUT2D eigenvalue weighted by molar-refractivity contribution is 7.12. The number of hydrogen-bond acceptors (Lipinski definition) is 5. The predicted molar refractivity (Wildman–Crippen MR) is 169 cm³/mol. The van der Waals surface area contributed by atoms with Crippen LogP contribution < -0.4 is 10.6 Å². The van der Waals surface area contributed by atoms with E-state index in [1.807, 2.05) is 72.1 Å². The van der Waals surface area contributed by atoms with E-state index in [2.05, 4.69) is 10.6 Å². The van der Waals surface area contributed by atoms with Gasteiger partial charge >= 0.3 is 6.03 Å². The molecule has 0 aliphatic carbocycles. The van der Waals surface area contributed by atoms with Crippen LogP contribution in [0.3, 0.4) is 0 Å². The normalized spacial score (nSPS) is 23.2. The lowest BCUT2D eigenvalue weighted by atomic mass is 9.77. The van der Waals surface area contributed by atoms with Crippen LogP contribution in [-0.4, -0.2) is 47.9 Å². The maximum absolute atomic E-state index is 14.5. The quantitative estimate of drug-likeness (QED) is 0.211. The van der Waals surface area contributed by atoms with E-state index < -0.39 is 30.0 Å². The van der Waals surface area contributed by atoms with Gasteiger partial charge in [-0.05, 0) is 59.7 Å². The summed E-state index contributed by atoms with van der Waals surface area (Å²) in [6.45, 7) is 0.993. The fourth-order valence-electron chi connectivity index (χ4n) is 6.27. The zero-order chi connectivity index (χ0) is 29.8. The van der Waals surface area contributed by atoms with E-state index in [9.17, 15) is 14.4 Å². The first kappa shape index (κ1) is 29.1. The Kier molecular flexibility index (Phi) is 8.88. The van der Waals surface area contributed by atoms with Crippen LogP contribution in [0.1, 0.15) is 45.6 Å². The third-order valence-corrected chi connectivity index (χ3v) is 9.32. The molecule has 3 amide bonds. The van der Waals surface area contributed by atoms with Crippen molar-refractivity contribution in [3.63, 3.8) is 0 Å². The van der Waals surface area contributed by atoms with E-state index in [1.165, 1.54) is 11.3 Å². The third-order valence-electron chi connectivity index (χ3n) is 8.19. The number of likely N-dealkylation sites (tertiary alicyclic amines) is 1. The fraction of sp³-hybridized carbons (Fsp3) is 0.265. The molecule has 0 spiro atoms. The van der Waals surface area contributed by atoms with Gasteiger partial charge in [-0.15, -0.1) is 11.3 Å². The van der Waals surface area contributed by atoms with Gasteiger partial charge in [0.1, 0.15) is 6.04 Å². The van der Waals surface area contributed by atoms with E-state index in [4.69, 9.17) is 16.3 Å². The first-order chi connectivity index (χ1) is 21.0. The topological polar surface area (TPSA) is 87.7 Å². The maximum Gasteiger partial charge on any atom is 0.323 e. The Hall–Kier alpha value is -3.98. The molecule has 4 aromatic rings. The van der Waals surface area contributed by atoms with Crippen molar-refractivity contribution < 1.29 is 19.1 Å². The molecule has 0 bridgehead atoms. The van der Waals surface area contributed by atoms with Crippen LogP contribution >= 0.6 is 22.9 Å².